The number of anilines is 1. The molecular formula is C16H20ClN3+2. The Hall–Kier alpha value is -1.58. The number of halogens is 1. The predicted molar refractivity (Wildman–Crippen MR) is 81.1 cm³/mol. The highest BCUT2D eigenvalue weighted by atomic mass is 35.5. The molecule has 0 unspecified atom stereocenters. The normalized spacial score (nSPS) is 16.4. The van der Waals surface area contributed by atoms with Crippen molar-refractivity contribution in [1.82, 2.24) is 0 Å². The van der Waals surface area contributed by atoms with Crippen LogP contribution in [0.25, 0.3) is 0 Å². The maximum atomic E-state index is 5.92. The van der Waals surface area contributed by atoms with E-state index in [0.29, 0.717) is 0 Å². The maximum absolute atomic E-state index is 5.92. The average Bonchev–Trinajstić information content (AvgIpc) is 2.51. The molecule has 3 rings (SSSR count). The summed E-state index contributed by atoms with van der Waals surface area (Å²) in [6, 6.07) is 14.5. The fourth-order valence-corrected chi connectivity index (χ4v) is 2.84. The zero-order chi connectivity index (χ0) is 13.8. The van der Waals surface area contributed by atoms with Gasteiger partial charge in [0.25, 0.3) is 5.82 Å². The Labute approximate surface area is 124 Å². The highest BCUT2D eigenvalue weighted by molar-refractivity contribution is 6.30. The van der Waals surface area contributed by atoms with Crippen LogP contribution in [-0.4, -0.2) is 26.2 Å². The number of pyridine rings is 1. The van der Waals surface area contributed by atoms with Crippen molar-refractivity contribution in [3.63, 3.8) is 0 Å². The third-order valence-corrected chi connectivity index (χ3v) is 4.12. The number of aromatic amines is 1. The standard InChI is InChI=1S/C16H18ClN3/c17-15-6-4-14(5-7-15)13-19-9-11-20(12-10-19)16-3-1-2-8-18-16/h1-8H,9-13H2/p+2. The van der Waals surface area contributed by atoms with Crippen molar-refractivity contribution < 1.29 is 9.88 Å². The van der Waals surface area contributed by atoms with Crippen LogP contribution in [0.1, 0.15) is 5.56 Å². The van der Waals surface area contributed by atoms with Crippen molar-refractivity contribution in [2.45, 2.75) is 6.54 Å². The number of aromatic nitrogens is 1. The molecular weight excluding hydrogens is 270 g/mol. The molecule has 0 bridgehead atoms. The number of quaternary nitrogens is 1. The second-order valence-electron chi connectivity index (χ2n) is 5.29. The molecule has 0 aliphatic carbocycles. The molecule has 2 aromatic rings. The first-order chi connectivity index (χ1) is 9.81. The zero-order valence-corrected chi connectivity index (χ0v) is 12.2. The van der Waals surface area contributed by atoms with E-state index in [0.717, 1.165) is 24.7 Å². The number of piperazine rings is 1. The summed E-state index contributed by atoms with van der Waals surface area (Å²) in [5, 5.41) is 0.813. The summed E-state index contributed by atoms with van der Waals surface area (Å²) in [5.41, 5.74) is 1.36. The molecule has 0 atom stereocenters. The molecule has 1 saturated heterocycles. The summed E-state index contributed by atoms with van der Waals surface area (Å²) in [4.78, 5) is 7.37. The van der Waals surface area contributed by atoms with E-state index in [-0.39, 0.29) is 0 Å². The first kappa shape index (κ1) is 13.4. The lowest BCUT2D eigenvalue weighted by atomic mass is 10.2. The van der Waals surface area contributed by atoms with Crippen LogP contribution in [0.15, 0.2) is 48.7 Å². The van der Waals surface area contributed by atoms with E-state index in [1.165, 1.54) is 24.5 Å². The molecule has 104 valence electrons. The van der Waals surface area contributed by atoms with Gasteiger partial charge in [-0.05, 0) is 18.2 Å². The van der Waals surface area contributed by atoms with Crippen LogP contribution in [0.3, 0.4) is 0 Å². The Morgan fingerprint density at radius 3 is 2.45 bits per heavy atom. The zero-order valence-electron chi connectivity index (χ0n) is 11.5. The third-order valence-electron chi connectivity index (χ3n) is 3.87. The number of nitrogens with zero attached hydrogens (tertiary/aromatic N) is 1. The molecule has 0 spiro atoms. The lowest BCUT2D eigenvalue weighted by Crippen LogP contribution is -3.13. The Kier molecular flexibility index (Phi) is 4.19. The van der Waals surface area contributed by atoms with Gasteiger partial charge in [-0.15, -0.1) is 0 Å². The fourth-order valence-electron chi connectivity index (χ4n) is 2.71. The molecule has 1 aromatic heterocycles. The Morgan fingerprint density at radius 2 is 1.80 bits per heavy atom. The number of benzene rings is 1. The van der Waals surface area contributed by atoms with Crippen molar-refractivity contribution in [2.24, 2.45) is 0 Å². The highest BCUT2D eigenvalue weighted by Crippen LogP contribution is 2.09. The molecule has 0 radical (unpaired) electrons. The van der Waals surface area contributed by atoms with Gasteiger partial charge in [0.15, 0.2) is 0 Å². The van der Waals surface area contributed by atoms with Gasteiger partial charge in [0, 0.05) is 16.7 Å². The van der Waals surface area contributed by atoms with E-state index in [1.807, 2.05) is 24.4 Å². The van der Waals surface area contributed by atoms with Gasteiger partial charge in [0.2, 0.25) is 0 Å². The SMILES string of the molecule is Clc1ccc(C[NH+]2CCN(c3cccc[nH+]3)CC2)cc1. The average molecular weight is 290 g/mol. The third kappa shape index (κ3) is 3.30. The molecule has 4 heteroatoms. The summed E-state index contributed by atoms with van der Waals surface area (Å²) < 4.78 is 0. The highest BCUT2D eigenvalue weighted by Gasteiger charge is 2.25. The quantitative estimate of drug-likeness (QED) is 0.897. The van der Waals surface area contributed by atoms with Gasteiger partial charge in [-0.2, -0.15) is 0 Å². The van der Waals surface area contributed by atoms with Crippen molar-refractivity contribution in [3.05, 3.63) is 59.2 Å². The van der Waals surface area contributed by atoms with Crippen LogP contribution < -0.4 is 14.8 Å². The molecule has 20 heavy (non-hydrogen) atoms. The van der Waals surface area contributed by atoms with Gasteiger partial charge in [-0.1, -0.05) is 29.8 Å². The minimum Gasteiger partial charge on any atom is -0.325 e. The van der Waals surface area contributed by atoms with Crippen LogP contribution in [0.2, 0.25) is 5.02 Å². The van der Waals surface area contributed by atoms with Gasteiger partial charge in [-0.25, -0.2) is 4.98 Å². The van der Waals surface area contributed by atoms with E-state index in [4.69, 9.17) is 11.6 Å². The van der Waals surface area contributed by atoms with Crippen molar-refractivity contribution in [1.29, 1.82) is 0 Å². The second kappa shape index (κ2) is 6.25. The largest absolute Gasteiger partial charge is 0.325 e. The molecule has 1 aromatic carbocycles. The molecule has 1 aliphatic rings. The first-order valence-corrected chi connectivity index (χ1v) is 7.49. The predicted octanol–water partition coefficient (Wildman–Crippen LogP) is 1.06. The van der Waals surface area contributed by atoms with Gasteiger partial charge in [0.05, 0.1) is 6.20 Å². The maximum Gasteiger partial charge on any atom is 0.274 e. The summed E-state index contributed by atoms with van der Waals surface area (Å²) in [5.74, 6) is 1.22. The monoisotopic (exact) mass is 289 g/mol. The van der Waals surface area contributed by atoms with Gasteiger partial charge in [-0.3, -0.25) is 4.90 Å². The molecule has 0 amide bonds. The summed E-state index contributed by atoms with van der Waals surface area (Å²) >= 11 is 5.92. The van der Waals surface area contributed by atoms with Gasteiger partial charge in [0.1, 0.15) is 32.7 Å². The van der Waals surface area contributed by atoms with Crippen molar-refractivity contribution in [2.75, 3.05) is 31.1 Å². The van der Waals surface area contributed by atoms with Crippen LogP contribution in [0, 0.1) is 0 Å². The Bertz CT molecular complexity index is 533. The molecule has 1 aliphatic heterocycles. The minimum absolute atomic E-state index is 0.813. The summed E-state index contributed by atoms with van der Waals surface area (Å²) in [6.07, 6.45) is 1.99. The van der Waals surface area contributed by atoms with E-state index < -0.39 is 0 Å². The second-order valence-corrected chi connectivity index (χ2v) is 5.72. The summed E-state index contributed by atoms with van der Waals surface area (Å²) in [6.45, 7) is 5.63. The molecule has 2 heterocycles. The fraction of sp³-hybridized carbons (Fsp3) is 0.312. The molecule has 1 fully saturated rings. The van der Waals surface area contributed by atoms with Crippen molar-refractivity contribution >= 4 is 17.4 Å². The van der Waals surface area contributed by atoms with E-state index in [9.17, 15) is 0 Å². The molecule has 2 N–H and O–H groups in total. The van der Waals surface area contributed by atoms with Crippen LogP contribution in [-0.2, 0) is 6.54 Å². The number of hydrogen-bond acceptors (Lipinski definition) is 1. The lowest BCUT2D eigenvalue weighted by molar-refractivity contribution is -0.914. The number of hydrogen-bond donors (Lipinski definition) is 1. The Morgan fingerprint density at radius 1 is 1.05 bits per heavy atom. The van der Waals surface area contributed by atoms with E-state index in [2.05, 4.69) is 34.1 Å². The number of rotatable bonds is 3. The minimum atomic E-state index is 0.813. The van der Waals surface area contributed by atoms with Crippen molar-refractivity contribution in [3.8, 4) is 0 Å². The smallest absolute Gasteiger partial charge is 0.274 e. The Balaban J connectivity index is 1.55. The first-order valence-electron chi connectivity index (χ1n) is 7.11. The van der Waals surface area contributed by atoms with Crippen LogP contribution in [0.4, 0.5) is 5.82 Å². The molecule has 3 nitrogen and oxygen atoms in total. The molecule has 0 saturated carbocycles. The van der Waals surface area contributed by atoms with Crippen LogP contribution >= 0.6 is 11.6 Å². The number of nitrogens with one attached hydrogen (secondary N) is 2. The topological polar surface area (TPSA) is 21.8 Å². The van der Waals surface area contributed by atoms with Gasteiger partial charge < -0.3 is 4.90 Å². The lowest BCUT2D eigenvalue weighted by Gasteiger charge is -2.28. The van der Waals surface area contributed by atoms with E-state index in [1.54, 1.807) is 4.90 Å². The van der Waals surface area contributed by atoms with E-state index >= 15 is 0 Å². The van der Waals surface area contributed by atoms with Crippen LogP contribution in [0.5, 0.6) is 0 Å². The van der Waals surface area contributed by atoms with Gasteiger partial charge >= 0.3 is 0 Å². The number of H-pyrrole nitrogens is 1. The summed E-state index contributed by atoms with van der Waals surface area (Å²) in [7, 11) is 0.